The molecule has 2 aromatic heterocycles. The third-order valence-corrected chi connectivity index (χ3v) is 6.22. The quantitative estimate of drug-likeness (QED) is 0.251. The number of rotatable bonds is 8. The smallest absolute Gasteiger partial charge is 0.331 e. The van der Waals surface area contributed by atoms with Gasteiger partial charge in [-0.25, -0.2) is 14.5 Å². The van der Waals surface area contributed by atoms with Gasteiger partial charge in [0.05, 0.1) is 31.3 Å². The molecule has 0 saturated heterocycles. The Morgan fingerprint density at radius 3 is 2.56 bits per heavy atom. The van der Waals surface area contributed by atoms with E-state index in [9.17, 15) is 4.79 Å². The molecule has 4 aromatic rings. The zero-order valence-corrected chi connectivity index (χ0v) is 20.3. The normalized spacial score (nSPS) is 11.1. The highest BCUT2D eigenvalue weighted by Gasteiger charge is 2.12. The van der Waals surface area contributed by atoms with Crippen LogP contribution >= 0.6 is 11.3 Å². The number of esters is 1. The summed E-state index contributed by atoms with van der Waals surface area (Å²) in [5.41, 5.74) is 5.24. The summed E-state index contributed by atoms with van der Waals surface area (Å²) in [5, 5.41) is 7.28. The minimum absolute atomic E-state index is 0.0915. The van der Waals surface area contributed by atoms with Gasteiger partial charge in [-0.05, 0) is 50.3 Å². The second kappa shape index (κ2) is 10.4. The molecule has 0 spiro atoms. The molecule has 0 saturated carbocycles. The Labute approximate surface area is 202 Å². The lowest BCUT2D eigenvalue weighted by atomic mass is 10.2. The Morgan fingerprint density at radius 1 is 1.06 bits per heavy atom. The molecule has 2 aromatic carbocycles. The molecule has 0 aliphatic carbocycles. The van der Waals surface area contributed by atoms with E-state index in [0.717, 1.165) is 33.2 Å². The molecule has 7 nitrogen and oxygen atoms in total. The van der Waals surface area contributed by atoms with E-state index in [0.29, 0.717) is 17.2 Å². The zero-order valence-electron chi connectivity index (χ0n) is 19.4. The highest BCUT2D eigenvalue weighted by molar-refractivity contribution is 7.13. The number of methoxy groups -OCH3 is 2. The topological polar surface area (TPSA) is 75.5 Å². The molecular formula is C26H25N3O4S. The summed E-state index contributed by atoms with van der Waals surface area (Å²) < 4.78 is 17.9. The van der Waals surface area contributed by atoms with E-state index in [-0.39, 0.29) is 6.61 Å². The van der Waals surface area contributed by atoms with E-state index in [1.807, 2.05) is 72.4 Å². The molecule has 0 aliphatic heterocycles. The molecule has 0 fully saturated rings. The van der Waals surface area contributed by atoms with Crippen molar-refractivity contribution in [2.45, 2.75) is 20.5 Å². The average Bonchev–Trinajstić information content (AvgIpc) is 3.45. The van der Waals surface area contributed by atoms with Crippen molar-refractivity contribution < 1.29 is 19.0 Å². The van der Waals surface area contributed by atoms with Gasteiger partial charge >= 0.3 is 5.97 Å². The number of ether oxygens (including phenoxy) is 3. The maximum absolute atomic E-state index is 12.3. The van der Waals surface area contributed by atoms with Crippen molar-refractivity contribution in [2.75, 3.05) is 14.2 Å². The first-order chi connectivity index (χ1) is 16.5. The van der Waals surface area contributed by atoms with Crippen LogP contribution in [0.5, 0.6) is 11.5 Å². The van der Waals surface area contributed by atoms with Crippen LogP contribution in [0, 0.1) is 13.8 Å². The van der Waals surface area contributed by atoms with Gasteiger partial charge in [0, 0.05) is 28.3 Å². The van der Waals surface area contributed by atoms with Crippen LogP contribution in [0.25, 0.3) is 22.3 Å². The largest absolute Gasteiger partial charge is 0.493 e. The summed E-state index contributed by atoms with van der Waals surface area (Å²) in [6, 6.07) is 15.5. The van der Waals surface area contributed by atoms with Crippen LogP contribution in [-0.2, 0) is 16.1 Å². The maximum Gasteiger partial charge on any atom is 0.331 e. The average molecular weight is 476 g/mol. The fourth-order valence-electron chi connectivity index (χ4n) is 3.54. The maximum atomic E-state index is 12.3. The van der Waals surface area contributed by atoms with Crippen LogP contribution in [0.2, 0.25) is 0 Å². The summed E-state index contributed by atoms with van der Waals surface area (Å²) in [4.78, 5) is 16.9. The number of carbonyl (C=O) groups is 1. The monoisotopic (exact) mass is 475 g/mol. The first-order valence-electron chi connectivity index (χ1n) is 10.6. The highest BCUT2D eigenvalue weighted by Crippen LogP contribution is 2.33. The fourth-order valence-corrected chi connectivity index (χ4v) is 4.34. The molecule has 0 aliphatic rings. The predicted octanol–water partition coefficient (Wildman–Crippen LogP) is 5.39. The molecule has 0 atom stereocenters. The van der Waals surface area contributed by atoms with Crippen molar-refractivity contribution in [3.8, 4) is 27.8 Å². The van der Waals surface area contributed by atoms with Gasteiger partial charge in [0.2, 0.25) is 0 Å². The van der Waals surface area contributed by atoms with Crippen molar-refractivity contribution in [1.29, 1.82) is 0 Å². The number of carbonyl (C=O) groups excluding carboxylic acids is 1. The molecule has 0 N–H and O–H groups in total. The fraction of sp³-hybridized carbons (Fsp3) is 0.192. The van der Waals surface area contributed by atoms with Gasteiger partial charge < -0.3 is 14.2 Å². The number of hydrogen-bond donors (Lipinski definition) is 0. The van der Waals surface area contributed by atoms with Crippen molar-refractivity contribution in [2.24, 2.45) is 0 Å². The van der Waals surface area contributed by atoms with Crippen LogP contribution in [0.4, 0.5) is 0 Å². The number of thiazole rings is 1. The van der Waals surface area contributed by atoms with Gasteiger partial charge in [-0.2, -0.15) is 5.10 Å². The van der Waals surface area contributed by atoms with Crippen LogP contribution in [-0.4, -0.2) is 35.0 Å². The predicted molar refractivity (Wildman–Crippen MR) is 133 cm³/mol. The lowest BCUT2D eigenvalue weighted by Gasteiger charge is -2.08. The number of aromatic nitrogens is 3. The lowest BCUT2D eigenvalue weighted by Crippen LogP contribution is -2.01. The van der Waals surface area contributed by atoms with Crippen LogP contribution < -0.4 is 9.47 Å². The number of hydrogen-bond acceptors (Lipinski definition) is 7. The summed E-state index contributed by atoms with van der Waals surface area (Å²) >= 11 is 1.47. The van der Waals surface area contributed by atoms with E-state index in [4.69, 9.17) is 14.2 Å². The minimum atomic E-state index is -0.438. The summed E-state index contributed by atoms with van der Waals surface area (Å²) in [6.07, 6.45) is 3.17. The second-order valence-electron chi connectivity index (χ2n) is 7.49. The first kappa shape index (κ1) is 23.3. The molecule has 0 amide bonds. The Morgan fingerprint density at radius 2 is 1.82 bits per heavy atom. The third kappa shape index (κ3) is 5.02. The number of nitrogens with zero attached hydrogens (tertiary/aromatic N) is 3. The number of para-hydroxylation sites is 1. The van der Waals surface area contributed by atoms with Gasteiger partial charge in [-0.3, -0.25) is 0 Å². The summed E-state index contributed by atoms with van der Waals surface area (Å²) in [7, 11) is 3.19. The van der Waals surface area contributed by atoms with Crippen molar-refractivity contribution >= 4 is 23.4 Å². The van der Waals surface area contributed by atoms with E-state index in [1.54, 1.807) is 20.3 Å². The molecule has 34 heavy (non-hydrogen) atoms. The zero-order chi connectivity index (χ0) is 24.1. The molecule has 8 heteroatoms. The first-order valence-corrected chi connectivity index (χ1v) is 11.5. The van der Waals surface area contributed by atoms with Gasteiger partial charge in [-0.15, -0.1) is 11.3 Å². The van der Waals surface area contributed by atoms with Crippen molar-refractivity contribution in [3.63, 3.8) is 0 Å². The third-order valence-electron chi connectivity index (χ3n) is 5.28. The van der Waals surface area contributed by atoms with Gasteiger partial charge in [0.25, 0.3) is 0 Å². The molecule has 0 bridgehead atoms. The molecule has 2 heterocycles. The van der Waals surface area contributed by atoms with E-state index in [2.05, 4.69) is 10.1 Å². The van der Waals surface area contributed by atoms with Crippen LogP contribution in [0.3, 0.4) is 0 Å². The molecule has 174 valence electrons. The van der Waals surface area contributed by atoms with Gasteiger partial charge in [0.1, 0.15) is 11.6 Å². The summed E-state index contributed by atoms with van der Waals surface area (Å²) in [5.74, 6) is 0.852. The van der Waals surface area contributed by atoms with Crippen LogP contribution in [0.1, 0.15) is 22.6 Å². The van der Waals surface area contributed by atoms with Crippen molar-refractivity contribution in [3.05, 3.63) is 82.6 Å². The number of benzene rings is 2. The second-order valence-corrected chi connectivity index (χ2v) is 8.34. The van der Waals surface area contributed by atoms with Crippen molar-refractivity contribution in [1.82, 2.24) is 14.8 Å². The Bertz CT molecular complexity index is 1330. The van der Waals surface area contributed by atoms with Gasteiger partial charge in [-0.1, -0.05) is 18.2 Å². The Balaban J connectivity index is 1.40. The molecule has 0 unspecified atom stereocenters. The Hall–Kier alpha value is -3.91. The number of aryl methyl sites for hydroxylation is 1. The molecular weight excluding hydrogens is 450 g/mol. The van der Waals surface area contributed by atoms with E-state index in [1.165, 1.54) is 17.4 Å². The lowest BCUT2D eigenvalue weighted by molar-refractivity contribution is -0.139. The molecule has 4 rings (SSSR count). The van der Waals surface area contributed by atoms with Crippen LogP contribution in [0.15, 0.2) is 60.0 Å². The standard InChI is InChI=1S/C26H25N3O4S/c1-17-22(18(2)29(28-17)21-8-6-5-7-9-21)11-13-25(30)33-15-20-16-34-26(27-20)19-10-12-23(31-3)24(14-19)32-4/h5-14,16H,15H2,1-4H3. The SMILES string of the molecule is COc1ccc(-c2nc(COC(=O)C=Cc3c(C)nn(-c4ccccc4)c3C)cs2)cc1OC. The highest BCUT2D eigenvalue weighted by atomic mass is 32.1. The van der Waals surface area contributed by atoms with E-state index >= 15 is 0 Å². The minimum Gasteiger partial charge on any atom is -0.493 e. The molecule has 0 radical (unpaired) electrons. The summed E-state index contributed by atoms with van der Waals surface area (Å²) in [6.45, 7) is 3.99. The van der Waals surface area contributed by atoms with Gasteiger partial charge in [0.15, 0.2) is 11.5 Å². The van der Waals surface area contributed by atoms with E-state index < -0.39 is 5.97 Å². The Kier molecular flexibility index (Phi) is 7.08.